The molecule has 3 heteroatoms. The highest BCUT2D eigenvalue weighted by atomic mass is 15.2. The average Bonchev–Trinajstić information content (AvgIpc) is 2.73. The van der Waals surface area contributed by atoms with Crippen molar-refractivity contribution in [3.05, 3.63) is 12.4 Å². The number of nitrogens with zero attached hydrogens (tertiary/aromatic N) is 2. The molecule has 0 atom stereocenters. The first-order chi connectivity index (χ1) is 6.70. The molecule has 1 fully saturated rings. The van der Waals surface area contributed by atoms with Crippen molar-refractivity contribution < 1.29 is 0 Å². The van der Waals surface area contributed by atoms with E-state index in [-0.39, 0.29) is 0 Å². The maximum Gasteiger partial charge on any atom is 0.202 e. The quantitative estimate of drug-likeness (QED) is 0.799. The number of anilines is 1. The zero-order valence-corrected chi connectivity index (χ0v) is 9.08. The Morgan fingerprint density at radius 3 is 2.79 bits per heavy atom. The van der Waals surface area contributed by atoms with Gasteiger partial charge in [-0.25, -0.2) is 4.98 Å². The highest BCUT2D eigenvalue weighted by molar-refractivity contribution is 5.25. The van der Waals surface area contributed by atoms with E-state index in [2.05, 4.69) is 17.2 Å². The van der Waals surface area contributed by atoms with Crippen LogP contribution in [0.4, 0.5) is 5.95 Å². The molecule has 1 aromatic heterocycles. The van der Waals surface area contributed by atoms with Gasteiger partial charge in [-0.2, -0.15) is 0 Å². The second-order valence-corrected chi connectivity index (χ2v) is 4.73. The Bertz CT molecular complexity index is 297. The number of aromatic nitrogens is 2. The van der Waals surface area contributed by atoms with Gasteiger partial charge in [0.1, 0.15) is 0 Å². The number of rotatable bonds is 3. The number of hydrogen-bond acceptors (Lipinski definition) is 2. The van der Waals surface area contributed by atoms with Crippen LogP contribution in [-0.4, -0.2) is 16.1 Å². The molecule has 0 saturated heterocycles. The van der Waals surface area contributed by atoms with Crippen LogP contribution in [0.5, 0.6) is 0 Å². The lowest BCUT2D eigenvalue weighted by atomic mass is 9.89. The Morgan fingerprint density at radius 2 is 2.21 bits per heavy atom. The minimum absolute atomic E-state index is 0.492. The molecule has 1 aromatic rings. The van der Waals surface area contributed by atoms with Crippen molar-refractivity contribution in [2.24, 2.45) is 12.5 Å². The van der Waals surface area contributed by atoms with Crippen molar-refractivity contribution in [1.29, 1.82) is 0 Å². The highest BCUT2D eigenvalue weighted by Gasteiger charge is 2.28. The van der Waals surface area contributed by atoms with Crippen molar-refractivity contribution in [2.75, 3.05) is 11.9 Å². The fraction of sp³-hybridized carbons (Fsp3) is 0.727. The Hall–Kier alpha value is -0.990. The van der Waals surface area contributed by atoms with E-state index in [0.717, 1.165) is 12.5 Å². The van der Waals surface area contributed by atoms with Gasteiger partial charge in [0.2, 0.25) is 5.95 Å². The van der Waals surface area contributed by atoms with E-state index in [4.69, 9.17) is 0 Å². The van der Waals surface area contributed by atoms with Crippen LogP contribution >= 0.6 is 0 Å². The summed E-state index contributed by atoms with van der Waals surface area (Å²) in [6, 6.07) is 0. The van der Waals surface area contributed by atoms with E-state index in [0.29, 0.717) is 5.41 Å². The maximum atomic E-state index is 4.26. The van der Waals surface area contributed by atoms with Crippen LogP contribution in [0.15, 0.2) is 12.4 Å². The molecule has 1 saturated carbocycles. The van der Waals surface area contributed by atoms with Gasteiger partial charge in [-0.15, -0.1) is 0 Å². The van der Waals surface area contributed by atoms with Crippen molar-refractivity contribution in [3.63, 3.8) is 0 Å². The summed E-state index contributed by atoms with van der Waals surface area (Å²) >= 11 is 0. The molecule has 1 aliphatic carbocycles. The van der Waals surface area contributed by atoms with Gasteiger partial charge < -0.3 is 9.88 Å². The first-order valence-electron chi connectivity index (χ1n) is 5.41. The molecule has 1 heterocycles. The average molecular weight is 193 g/mol. The van der Waals surface area contributed by atoms with Crippen molar-refractivity contribution in [3.8, 4) is 0 Å². The summed E-state index contributed by atoms with van der Waals surface area (Å²) in [4.78, 5) is 4.26. The first kappa shape index (κ1) is 9.56. The van der Waals surface area contributed by atoms with Gasteiger partial charge in [-0.3, -0.25) is 0 Å². The SMILES string of the molecule is Cn1ccnc1NCC1(C)CCCC1. The van der Waals surface area contributed by atoms with Gasteiger partial charge >= 0.3 is 0 Å². The largest absolute Gasteiger partial charge is 0.355 e. The summed E-state index contributed by atoms with van der Waals surface area (Å²) in [6.45, 7) is 3.42. The van der Waals surface area contributed by atoms with Crippen LogP contribution in [0, 0.1) is 5.41 Å². The second kappa shape index (κ2) is 3.64. The predicted molar refractivity (Wildman–Crippen MR) is 58.3 cm³/mol. The third kappa shape index (κ3) is 1.91. The van der Waals surface area contributed by atoms with E-state index in [1.54, 1.807) is 0 Å². The standard InChI is InChI=1S/C11H19N3/c1-11(5-3-4-6-11)9-13-10-12-7-8-14(10)2/h7-8H,3-6,9H2,1-2H3,(H,12,13). The minimum Gasteiger partial charge on any atom is -0.355 e. The third-order valence-electron chi connectivity index (χ3n) is 3.31. The molecule has 1 N–H and O–H groups in total. The monoisotopic (exact) mass is 193 g/mol. The molecule has 0 spiro atoms. The van der Waals surface area contributed by atoms with Crippen LogP contribution in [0.25, 0.3) is 0 Å². The van der Waals surface area contributed by atoms with Gasteiger partial charge in [-0.1, -0.05) is 19.8 Å². The van der Waals surface area contributed by atoms with Crippen molar-refractivity contribution in [1.82, 2.24) is 9.55 Å². The molecule has 0 aliphatic heterocycles. The summed E-state index contributed by atoms with van der Waals surface area (Å²) in [5.41, 5.74) is 0.492. The van der Waals surface area contributed by atoms with E-state index < -0.39 is 0 Å². The van der Waals surface area contributed by atoms with Gasteiger partial charge in [0.25, 0.3) is 0 Å². The Kier molecular flexibility index (Phi) is 2.48. The topological polar surface area (TPSA) is 29.9 Å². The van der Waals surface area contributed by atoms with E-state index in [1.165, 1.54) is 25.7 Å². The van der Waals surface area contributed by atoms with Crippen LogP contribution in [0.3, 0.4) is 0 Å². The molecule has 2 rings (SSSR count). The zero-order valence-electron chi connectivity index (χ0n) is 9.08. The Morgan fingerprint density at radius 1 is 1.50 bits per heavy atom. The molecule has 0 bridgehead atoms. The Balaban J connectivity index is 1.91. The molecular formula is C11H19N3. The van der Waals surface area contributed by atoms with Crippen LogP contribution in [0.1, 0.15) is 32.6 Å². The summed E-state index contributed by atoms with van der Waals surface area (Å²) in [7, 11) is 2.02. The number of aryl methyl sites for hydroxylation is 1. The number of nitrogens with one attached hydrogen (secondary N) is 1. The lowest BCUT2D eigenvalue weighted by Crippen LogP contribution is -2.24. The molecule has 78 valence electrons. The minimum atomic E-state index is 0.492. The lowest BCUT2D eigenvalue weighted by Gasteiger charge is -2.23. The van der Waals surface area contributed by atoms with Crippen molar-refractivity contribution >= 4 is 5.95 Å². The summed E-state index contributed by atoms with van der Waals surface area (Å²) in [5.74, 6) is 0.984. The van der Waals surface area contributed by atoms with Crippen LogP contribution < -0.4 is 5.32 Å². The fourth-order valence-electron chi connectivity index (χ4n) is 2.23. The fourth-order valence-corrected chi connectivity index (χ4v) is 2.23. The highest BCUT2D eigenvalue weighted by Crippen LogP contribution is 2.37. The molecule has 3 nitrogen and oxygen atoms in total. The Labute approximate surface area is 85.5 Å². The van der Waals surface area contributed by atoms with Gasteiger partial charge in [0.05, 0.1) is 0 Å². The molecular weight excluding hydrogens is 174 g/mol. The van der Waals surface area contributed by atoms with Gasteiger partial charge in [0, 0.05) is 26.0 Å². The molecule has 14 heavy (non-hydrogen) atoms. The number of hydrogen-bond donors (Lipinski definition) is 1. The van der Waals surface area contributed by atoms with E-state index in [9.17, 15) is 0 Å². The molecule has 0 amide bonds. The van der Waals surface area contributed by atoms with Crippen molar-refractivity contribution in [2.45, 2.75) is 32.6 Å². The van der Waals surface area contributed by atoms with Crippen LogP contribution in [0.2, 0.25) is 0 Å². The predicted octanol–water partition coefficient (Wildman–Crippen LogP) is 2.41. The normalized spacial score (nSPS) is 19.9. The lowest BCUT2D eigenvalue weighted by molar-refractivity contribution is 0.361. The maximum absolute atomic E-state index is 4.26. The zero-order chi connectivity index (χ0) is 10.0. The van der Waals surface area contributed by atoms with Gasteiger partial charge in [0.15, 0.2) is 0 Å². The smallest absolute Gasteiger partial charge is 0.202 e. The van der Waals surface area contributed by atoms with E-state index in [1.807, 2.05) is 24.0 Å². The van der Waals surface area contributed by atoms with Gasteiger partial charge in [-0.05, 0) is 18.3 Å². The molecule has 1 aliphatic rings. The molecule has 0 aromatic carbocycles. The third-order valence-corrected chi connectivity index (χ3v) is 3.31. The van der Waals surface area contributed by atoms with Crippen LogP contribution in [-0.2, 0) is 7.05 Å². The summed E-state index contributed by atoms with van der Waals surface area (Å²) < 4.78 is 2.03. The first-order valence-corrected chi connectivity index (χ1v) is 5.41. The number of imidazole rings is 1. The second-order valence-electron chi connectivity index (χ2n) is 4.73. The molecule has 0 unspecified atom stereocenters. The molecule has 0 radical (unpaired) electrons. The summed E-state index contributed by atoms with van der Waals surface area (Å²) in [5, 5.41) is 3.43. The summed E-state index contributed by atoms with van der Waals surface area (Å²) in [6.07, 6.45) is 9.28. The van der Waals surface area contributed by atoms with E-state index >= 15 is 0 Å².